The molecule has 0 atom stereocenters. The number of hydrogen-bond donors (Lipinski definition) is 0. The number of anilines is 3. The fourth-order valence-corrected chi connectivity index (χ4v) is 8.63. The molecule has 10 aromatic carbocycles. The van der Waals surface area contributed by atoms with Gasteiger partial charge in [0.05, 0.1) is 0 Å². The summed E-state index contributed by atoms with van der Waals surface area (Å²) >= 11 is 0. The average Bonchev–Trinajstić information content (AvgIpc) is 3.35. The number of hydrogen-bond acceptors (Lipinski definition) is 1. The highest BCUT2D eigenvalue weighted by Crippen LogP contribution is 2.39. The fraction of sp³-hybridized carbons (Fsp3) is 0.0820. The Labute approximate surface area is 366 Å². The zero-order valence-electron chi connectivity index (χ0n) is 35.8. The van der Waals surface area contributed by atoms with Gasteiger partial charge in [-0.3, -0.25) is 0 Å². The molecule has 0 unspecified atom stereocenters. The second-order valence-electron chi connectivity index (χ2n) is 15.6. The lowest BCUT2D eigenvalue weighted by atomic mass is 9.96. The van der Waals surface area contributed by atoms with Crippen LogP contribution in [0.25, 0.3) is 70.9 Å². The fourth-order valence-electron chi connectivity index (χ4n) is 8.63. The molecular formula is C61H51N. The van der Waals surface area contributed by atoms with Gasteiger partial charge in [-0.15, -0.1) is 0 Å². The molecule has 0 aliphatic rings. The highest BCUT2D eigenvalue weighted by molar-refractivity contribution is 6.09. The Morgan fingerprint density at radius 1 is 0.403 bits per heavy atom. The molecule has 0 saturated carbocycles. The first-order valence-corrected chi connectivity index (χ1v) is 22.0. The Hall–Kier alpha value is -7.48. The van der Waals surface area contributed by atoms with Crippen molar-refractivity contribution in [3.63, 3.8) is 0 Å². The molecule has 1 nitrogen and oxygen atoms in total. The van der Waals surface area contributed by atoms with E-state index in [1.807, 2.05) is 13.8 Å². The van der Waals surface area contributed by atoms with E-state index < -0.39 is 0 Å². The number of fused-ring (bicyclic) bond motifs is 6. The van der Waals surface area contributed by atoms with Crippen molar-refractivity contribution in [3.8, 4) is 22.3 Å². The van der Waals surface area contributed by atoms with Gasteiger partial charge >= 0.3 is 0 Å². The number of rotatable bonds is 10. The maximum atomic E-state index is 2.37. The van der Waals surface area contributed by atoms with E-state index in [4.69, 9.17) is 0 Å². The van der Waals surface area contributed by atoms with Gasteiger partial charge in [-0.05, 0) is 143 Å². The van der Waals surface area contributed by atoms with Crippen LogP contribution in [-0.4, -0.2) is 0 Å². The van der Waals surface area contributed by atoms with Crippen LogP contribution in [0.4, 0.5) is 17.1 Å². The van der Waals surface area contributed by atoms with Gasteiger partial charge in [-0.25, -0.2) is 0 Å². The van der Waals surface area contributed by atoms with Crippen LogP contribution in [-0.2, 0) is 6.42 Å². The molecule has 0 saturated heterocycles. The topological polar surface area (TPSA) is 3.24 Å². The third-order valence-electron chi connectivity index (χ3n) is 11.8. The summed E-state index contributed by atoms with van der Waals surface area (Å²) in [6, 6.07) is 77.8. The molecule has 0 heterocycles. The molecule has 10 aromatic rings. The number of nitrogens with zero attached hydrogens (tertiary/aromatic N) is 1. The van der Waals surface area contributed by atoms with E-state index in [0.29, 0.717) is 0 Å². The molecule has 0 spiro atoms. The molecular weight excluding hydrogens is 747 g/mol. The first kappa shape index (κ1) is 40.0. The average molecular weight is 798 g/mol. The van der Waals surface area contributed by atoms with Crippen molar-refractivity contribution in [1.29, 1.82) is 0 Å². The predicted molar refractivity (Wildman–Crippen MR) is 271 cm³/mol. The maximum absolute atomic E-state index is 2.37. The van der Waals surface area contributed by atoms with E-state index in [-0.39, 0.29) is 0 Å². The Morgan fingerprint density at radius 2 is 0.806 bits per heavy atom. The summed E-state index contributed by atoms with van der Waals surface area (Å²) in [5, 5.41) is 10.2. The molecule has 62 heavy (non-hydrogen) atoms. The van der Waals surface area contributed by atoms with Gasteiger partial charge in [0.25, 0.3) is 0 Å². The molecule has 0 amide bonds. The maximum Gasteiger partial charge on any atom is 0.0462 e. The van der Waals surface area contributed by atoms with Crippen molar-refractivity contribution in [2.45, 2.75) is 33.6 Å². The summed E-state index contributed by atoms with van der Waals surface area (Å²) in [5.74, 6) is 0. The second kappa shape index (κ2) is 18.4. The molecule has 0 fully saturated rings. The summed E-state index contributed by atoms with van der Waals surface area (Å²) < 4.78 is 0. The Morgan fingerprint density at radius 3 is 1.29 bits per heavy atom. The molecule has 10 rings (SSSR count). The summed E-state index contributed by atoms with van der Waals surface area (Å²) in [5.41, 5.74) is 12.0. The summed E-state index contributed by atoms with van der Waals surface area (Å²) in [6.07, 6.45) is 8.56. The van der Waals surface area contributed by atoms with E-state index in [2.05, 4.69) is 242 Å². The van der Waals surface area contributed by atoms with Crippen LogP contribution in [0.2, 0.25) is 0 Å². The van der Waals surface area contributed by atoms with Crippen LogP contribution in [0, 0.1) is 0 Å². The molecule has 0 aliphatic carbocycles. The second-order valence-corrected chi connectivity index (χ2v) is 15.6. The molecule has 0 aliphatic heterocycles. The molecule has 0 N–H and O–H groups in total. The van der Waals surface area contributed by atoms with Crippen molar-refractivity contribution in [2.75, 3.05) is 4.90 Å². The Kier molecular flexibility index (Phi) is 11.9. The van der Waals surface area contributed by atoms with Gasteiger partial charge in [0.15, 0.2) is 0 Å². The summed E-state index contributed by atoms with van der Waals surface area (Å²) in [4.78, 5) is 2.37. The Balaban J connectivity index is 0.00000242. The van der Waals surface area contributed by atoms with Crippen LogP contribution >= 0.6 is 0 Å². The summed E-state index contributed by atoms with van der Waals surface area (Å²) in [6.45, 7) is 6.18. The molecule has 300 valence electrons. The molecule has 1 heteroatoms. The first-order valence-electron chi connectivity index (χ1n) is 22.0. The number of allylic oxidation sites excluding steroid dienone is 4. The lowest BCUT2D eigenvalue weighted by Gasteiger charge is -2.26. The van der Waals surface area contributed by atoms with Gasteiger partial charge in [-0.1, -0.05) is 203 Å². The lowest BCUT2D eigenvalue weighted by Crippen LogP contribution is -2.10. The first-order chi connectivity index (χ1) is 30.7. The zero-order valence-corrected chi connectivity index (χ0v) is 35.8. The largest absolute Gasteiger partial charge is 0.311 e. The van der Waals surface area contributed by atoms with Crippen molar-refractivity contribution in [2.24, 2.45) is 0 Å². The van der Waals surface area contributed by atoms with Crippen LogP contribution in [0.15, 0.2) is 231 Å². The normalized spacial score (nSPS) is 11.6. The highest BCUT2D eigenvalue weighted by atomic mass is 15.1. The molecule has 0 aromatic heterocycles. The smallest absolute Gasteiger partial charge is 0.0462 e. The number of benzene rings is 10. The molecule has 0 radical (unpaired) electrons. The highest BCUT2D eigenvalue weighted by Gasteiger charge is 2.15. The van der Waals surface area contributed by atoms with Gasteiger partial charge in [0.1, 0.15) is 0 Å². The minimum atomic E-state index is 0.871. The van der Waals surface area contributed by atoms with E-state index >= 15 is 0 Å². The van der Waals surface area contributed by atoms with Crippen molar-refractivity contribution in [1.82, 2.24) is 0 Å². The van der Waals surface area contributed by atoms with Gasteiger partial charge in [0, 0.05) is 17.1 Å². The van der Waals surface area contributed by atoms with Crippen LogP contribution < -0.4 is 4.90 Å². The van der Waals surface area contributed by atoms with E-state index in [1.165, 1.54) is 82.0 Å². The van der Waals surface area contributed by atoms with E-state index in [1.54, 1.807) is 0 Å². The van der Waals surface area contributed by atoms with Crippen LogP contribution in [0.1, 0.15) is 38.3 Å². The predicted octanol–water partition coefficient (Wildman–Crippen LogP) is 17.7. The van der Waals surface area contributed by atoms with Crippen molar-refractivity contribution < 1.29 is 0 Å². The standard InChI is InChI=1S/C59H45N.C2H6/c1-2-3-5-16-50(39-42-12-6-4-7-13-42)43-27-33-53(34-28-43)60(54-35-29-44(30-36-54)51-25-23-48-21-19-46-14-8-10-17-56(46)58(48)40-51)55-37-31-45(32-38-55)52-26-24-49-22-20-47-15-9-11-18-57(47)59(49)41-52;1-2/h3-38,40-41H,2,39H2,1H3;1-2H3/b5-3-,50-16+;. The zero-order chi connectivity index (χ0) is 42.3. The minimum absolute atomic E-state index is 0.871. The van der Waals surface area contributed by atoms with E-state index in [0.717, 1.165) is 29.9 Å². The SMILES string of the molecule is CC.CC/C=C\C=C(/Cc1ccccc1)c1ccc(N(c2ccc(-c3ccc4ccc5ccccc5c4c3)cc2)c2ccc(-c3ccc4ccc5ccccc5c4c3)cc2)cc1. The van der Waals surface area contributed by atoms with Crippen LogP contribution in [0.5, 0.6) is 0 Å². The van der Waals surface area contributed by atoms with E-state index in [9.17, 15) is 0 Å². The third-order valence-corrected chi connectivity index (χ3v) is 11.8. The Bertz CT molecular complexity index is 3010. The van der Waals surface area contributed by atoms with Crippen LogP contribution in [0.3, 0.4) is 0 Å². The lowest BCUT2D eigenvalue weighted by molar-refractivity contribution is 1.22. The van der Waals surface area contributed by atoms with Gasteiger partial charge in [-0.2, -0.15) is 0 Å². The quantitative estimate of drug-likeness (QED) is 0.0984. The summed E-state index contributed by atoms with van der Waals surface area (Å²) in [7, 11) is 0. The van der Waals surface area contributed by atoms with Crippen molar-refractivity contribution in [3.05, 3.63) is 242 Å². The van der Waals surface area contributed by atoms with Gasteiger partial charge < -0.3 is 4.90 Å². The third kappa shape index (κ3) is 8.31. The minimum Gasteiger partial charge on any atom is -0.311 e. The molecule has 0 bridgehead atoms. The monoisotopic (exact) mass is 797 g/mol. The van der Waals surface area contributed by atoms with Gasteiger partial charge in [0.2, 0.25) is 0 Å². The van der Waals surface area contributed by atoms with Crippen molar-refractivity contribution >= 4 is 65.7 Å².